The molecule has 0 aliphatic heterocycles. The maximum Gasteiger partial charge on any atom is 0.414 e. The molecule has 3 rings (SSSR count). The molecule has 0 saturated heterocycles. The molecular formula is C29H34FNO7. The first-order chi connectivity index (χ1) is 18.4. The van der Waals surface area contributed by atoms with E-state index in [4.69, 9.17) is 34.0 Å². The monoisotopic (exact) mass is 527 g/mol. The summed E-state index contributed by atoms with van der Waals surface area (Å²) in [6.07, 6.45) is 1.71. The second kappa shape index (κ2) is 17.5. The van der Waals surface area contributed by atoms with Gasteiger partial charge in [0.05, 0.1) is 19.3 Å². The molecule has 3 aromatic carbocycles. The second-order valence-electron chi connectivity index (χ2n) is 8.07. The van der Waals surface area contributed by atoms with Crippen molar-refractivity contribution in [2.45, 2.75) is 32.5 Å². The van der Waals surface area contributed by atoms with Gasteiger partial charge in [-0.2, -0.15) is 0 Å². The van der Waals surface area contributed by atoms with Crippen molar-refractivity contribution in [3.63, 3.8) is 0 Å². The van der Waals surface area contributed by atoms with Crippen molar-refractivity contribution in [2.24, 2.45) is 0 Å². The molecule has 1 atom stereocenters. The molecular weight excluding hydrogens is 493 g/mol. The molecule has 3 aromatic rings. The van der Waals surface area contributed by atoms with Crippen molar-refractivity contribution < 1.29 is 38.4 Å². The van der Waals surface area contributed by atoms with E-state index >= 15 is 0 Å². The number of rotatable bonds is 14. The fourth-order valence-electron chi connectivity index (χ4n) is 3.41. The molecule has 0 spiro atoms. The van der Waals surface area contributed by atoms with Crippen LogP contribution in [-0.2, 0) is 20.9 Å². The van der Waals surface area contributed by atoms with Crippen molar-refractivity contribution >= 4 is 11.9 Å². The maximum absolute atomic E-state index is 13.3. The number of halogens is 1. The molecule has 0 saturated carbocycles. The highest BCUT2D eigenvalue weighted by Crippen LogP contribution is 2.26. The Morgan fingerprint density at radius 1 is 0.842 bits per heavy atom. The predicted molar refractivity (Wildman–Crippen MR) is 141 cm³/mol. The molecule has 8 nitrogen and oxygen atoms in total. The molecule has 1 unspecified atom stereocenters. The minimum Gasteiger partial charge on any atom is -0.490 e. The summed E-state index contributed by atoms with van der Waals surface area (Å²) in [6, 6.07) is 24.4. The van der Waals surface area contributed by atoms with Gasteiger partial charge in [-0.3, -0.25) is 0 Å². The lowest BCUT2D eigenvalue weighted by molar-refractivity contribution is -0.159. The van der Waals surface area contributed by atoms with Crippen LogP contribution in [0.5, 0.6) is 11.5 Å². The van der Waals surface area contributed by atoms with Crippen LogP contribution in [0, 0.1) is 5.82 Å². The highest BCUT2D eigenvalue weighted by atomic mass is 19.1. The highest BCUT2D eigenvalue weighted by Gasteiger charge is 2.12. The Morgan fingerprint density at radius 3 is 2.05 bits per heavy atom. The average molecular weight is 528 g/mol. The van der Waals surface area contributed by atoms with E-state index in [1.54, 1.807) is 0 Å². The molecule has 0 heterocycles. The Kier molecular flexibility index (Phi) is 13.9. The van der Waals surface area contributed by atoms with Gasteiger partial charge in [0, 0.05) is 6.54 Å². The number of hydrogen-bond donors (Lipinski definition) is 3. The van der Waals surface area contributed by atoms with Gasteiger partial charge >= 0.3 is 11.9 Å². The number of aliphatic carboxylic acids is 2. The Morgan fingerprint density at radius 2 is 1.45 bits per heavy atom. The van der Waals surface area contributed by atoms with E-state index in [9.17, 15) is 4.39 Å². The van der Waals surface area contributed by atoms with Gasteiger partial charge < -0.3 is 29.7 Å². The molecule has 3 N–H and O–H groups in total. The number of carboxylic acids is 2. The van der Waals surface area contributed by atoms with Crippen molar-refractivity contribution in [1.29, 1.82) is 0 Å². The van der Waals surface area contributed by atoms with E-state index in [1.807, 2.05) is 73.7 Å². The smallest absolute Gasteiger partial charge is 0.414 e. The second-order valence-corrected chi connectivity index (χ2v) is 8.07. The summed E-state index contributed by atoms with van der Waals surface area (Å²) in [6.45, 7) is 5.26. The quantitative estimate of drug-likeness (QED) is 0.196. The summed E-state index contributed by atoms with van der Waals surface area (Å²) in [5.41, 5.74) is 2.13. The maximum atomic E-state index is 13.3. The van der Waals surface area contributed by atoms with E-state index in [1.165, 1.54) is 12.1 Å². The van der Waals surface area contributed by atoms with Gasteiger partial charge in [0.25, 0.3) is 0 Å². The third-order valence-electron chi connectivity index (χ3n) is 5.22. The van der Waals surface area contributed by atoms with Crippen LogP contribution in [0.25, 0.3) is 0 Å². The molecule has 0 aliphatic rings. The van der Waals surface area contributed by atoms with Crippen LogP contribution in [0.2, 0.25) is 0 Å². The van der Waals surface area contributed by atoms with Gasteiger partial charge in [0.15, 0.2) is 11.5 Å². The Balaban J connectivity index is 0.000000757. The van der Waals surface area contributed by atoms with Crippen LogP contribution in [0.4, 0.5) is 4.39 Å². The first kappa shape index (κ1) is 30.3. The lowest BCUT2D eigenvalue weighted by Gasteiger charge is -2.19. The number of carbonyl (C=O) groups is 2. The lowest BCUT2D eigenvalue weighted by atomic mass is 10.0. The summed E-state index contributed by atoms with van der Waals surface area (Å²) < 4.78 is 31.0. The van der Waals surface area contributed by atoms with Crippen LogP contribution in [0.3, 0.4) is 0 Å². The molecule has 0 radical (unpaired) electrons. The van der Waals surface area contributed by atoms with Crippen LogP contribution >= 0.6 is 0 Å². The van der Waals surface area contributed by atoms with Gasteiger partial charge in [-0.05, 0) is 61.7 Å². The summed E-state index contributed by atoms with van der Waals surface area (Å²) in [4.78, 5) is 18.2. The van der Waals surface area contributed by atoms with E-state index < -0.39 is 11.9 Å². The van der Waals surface area contributed by atoms with E-state index in [0.717, 1.165) is 48.6 Å². The standard InChI is InChI=1S/C27H32FNO3.C2H2O4/c1-2-30-26-11-6-7-12-27(26)31-20-19-29-18-8-13-25(23-14-16-24(28)17-15-23)32-21-22-9-4-3-5-10-22;3-1(4)2(5)6/h3-7,9-12,14-17,25,29H,2,8,13,18-21H2,1H3;(H,3,4)(H,5,6). The molecule has 0 aliphatic carbocycles. The molecule has 204 valence electrons. The summed E-state index contributed by atoms with van der Waals surface area (Å²) in [7, 11) is 0. The number of para-hydroxylation sites is 2. The largest absolute Gasteiger partial charge is 0.490 e. The number of ether oxygens (including phenoxy) is 3. The van der Waals surface area contributed by atoms with E-state index in [2.05, 4.69) is 5.32 Å². The van der Waals surface area contributed by atoms with Crippen molar-refractivity contribution in [3.8, 4) is 11.5 Å². The number of carboxylic acid groups (broad SMARTS) is 2. The molecule has 9 heteroatoms. The Bertz CT molecular complexity index is 1080. The molecule has 0 aromatic heterocycles. The zero-order valence-electron chi connectivity index (χ0n) is 21.3. The Hall–Kier alpha value is -3.95. The fourth-order valence-corrected chi connectivity index (χ4v) is 3.41. The number of hydrogen-bond acceptors (Lipinski definition) is 6. The lowest BCUT2D eigenvalue weighted by Crippen LogP contribution is -2.22. The highest BCUT2D eigenvalue weighted by molar-refractivity contribution is 6.27. The zero-order valence-corrected chi connectivity index (χ0v) is 21.3. The summed E-state index contributed by atoms with van der Waals surface area (Å²) in [5, 5.41) is 18.2. The van der Waals surface area contributed by atoms with Crippen LogP contribution in [-0.4, -0.2) is 48.5 Å². The topological polar surface area (TPSA) is 114 Å². The molecule has 38 heavy (non-hydrogen) atoms. The van der Waals surface area contributed by atoms with Crippen molar-refractivity contribution in [2.75, 3.05) is 26.3 Å². The van der Waals surface area contributed by atoms with Crippen molar-refractivity contribution in [1.82, 2.24) is 5.32 Å². The minimum atomic E-state index is -1.82. The normalized spacial score (nSPS) is 11.1. The van der Waals surface area contributed by atoms with E-state index in [0.29, 0.717) is 19.8 Å². The van der Waals surface area contributed by atoms with Gasteiger partial charge in [-0.1, -0.05) is 54.6 Å². The number of nitrogens with one attached hydrogen (secondary N) is 1. The predicted octanol–water partition coefficient (Wildman–Crippen LogP) is 5.09. The van der Waals surface area contributed by atoms with E-state index in [-0.39, 0.29) is 11.9 Å². The average Bonchev–Trinajstić information content (AvgIpc) is 2.92. The molecule has 0 bridgehead atoms. The van der Waals surface area contributed by atoms with Gasteiger partial charge in [-0.25, -0.2) is 14.0 Å². The fraction of sp³-hybridized carbons (Fsp3) is 0.310. The number of benzene rings is 3. The van der Waals surface area contributed by atoms with Gasteiger partial charge in [-0.15, -0.1) is 0 Å². The first-order valence-electron chi connectivity index (χ1n) is 12.3. The first-order valence-corrected chi connectivity index (χ1v) is 12.3. The van der Waals surface area contributed by atoms with Crippen molar-refractivity contribution in [3.05, 3.63) is 95.8 Å². The zero-order chi connectivity index (χ0) is 27.6. The van der Waals surface area contributed by atoms with Crippen LogP contribution < -0.4 is 14.8 Å². The van der Waals surface area contributed by atoms with Crippen LogP contribution in [0.1, 0.15) is 37.0 Å². The summed E-state index contributed by atoms with van der Waals surface area (Å²) in [5.74, 6) is -2.34. The molecule has 0 fully saturated rings. The third-order valence-corrected chi connectivity index (χ3v) is 5.22. The van der Waals surface area contributed by atoms with Crippen LogP contribution in [0.15, 0.2) is 78.9 Å². The van der Waals surface area contributed by atoms with Gasteiger partial charge in [0.2, 0.25) is 0 Å². The third kappa shape index (κ3) is 11.9. The molecule has 0 amide bonds. The SMILES string of the molecule is CCOc1ccccc1OCCNCCCC(OCc1ccccc1)c1ccc(F)cc1.O=C(O)C(=O)O. The summed E-state index contributed by atoms with van der Waals surface area (Å²) >= 11 is 0. The minimum absolute atomic E-state index is 0.0769. The Labute approximate surface area is 222 Å². The van der Waals surface area contributed by atoms with Gasteiger partial charge in [0.1, 0.15) is 12.4 Å².